The molecule has 22 heavy (non-hydrogen) atoms. The highest BCUT2D eigenvalue weighted by atomic mass is 19.1. The maximum atomic E-state index is 13.3. The van der Waals surface area contributed by atoms with E-state index in [4.69, 9.17) is 8.94 Å². The fraction of sp³-hybridized carbons (Fsp3) is 0.333. The van der Waals surface area contributed by atoms with Crippen molar-refractivity contribution in [2.75, 3.05) is 0 Å². The molecule has 0 radical (unpaired) electrons. The number of pyridine rings is 1. The van der Waals surface area contributed by atoms with Crippen LogP contribution in [0.5, 0.6) is 0 Å². The predicted molar refractivity (Wildman–Crippen MR) is 75.6 cm³/mol. The van der Waals surface area contributed by atoms with E-state index < -0.39 is 5.82 Å². The number of rotatable bonds is 4. The highest BCUT2D eigenvalue weighted by Gasteiger charge is 2.21. The Labute approximate surface area is 126 Å². The number of nitrogens with zero attached hydrogens (tertiary/aromatic N) is 4. The molecule has 7 heteroatoms. The molecule has 114 valence electrons. The Hall–Kier alpha value is -2.57. The number of aromatic nitrogens is 4. The first-order valence-corrected chi connectivity index (χ1v) is 6.99. The molecule has 0 aliphatic rings. The molecule has 0 bridgehead atoms. The third kappa shape index (κ3) is 2.61. The zero-order valence-electron chi connectivity index (χ0n) is 12.5. The van der Waals surface area contributed by atoms with Crippen LogP contribution in [0, 0.1) is 12.7 Å². The van der Waals surface area contributed by atoms with Crippen LogP contribution in [-0.4, -0.2) is 20.1 Å². The zero-order chi connectivity index (χ0) is 15.7. The van der Waals surface area contributed by atoms with Crippen molar-refractivity contribution >= 4 is 0 Å². The lowest BCUT2D eigenvalue weighted by Crippen LogP contribution is -2.00. The van der Waals surface area contributed by atoms with Gasteiger partial charge in [-0.1, -0.05) is 19.0 Å². The molecular weight excluding hydrogens is 287 g/mol. The van der Waals surface area contributed by atoms with Crippen LogP contribution >= 0.6 is 0 Å². The highest BCUT2D eigenvalue weighted by molar-refractivity contribution is 5.49. The second-order valence-corrected chi connectivity index (χ2v) is 4.98. The van der Waals surface area contributed by atoms with E-state index in [2.05, 4.69) is 20.1 Å². The summed E-state index contributed by atoms with van der Waals surface area (Å²) in [5.74, 6) is 1.36. The average molecular weight is 302 g/mol. The summed E-state index contributed by atoms with van der Waals surface area (Å²) in [6, 6.07) is 1.41. The van der Waals surface area contributed by atoms with Gasteiger partial charge in [0.15, 0.2) is 17.4 Å². The number of aryl methyl sites for hydroxylation is 2. The van der Waals surface area contributed by atoms with Gasteiger partial charge in [-0.15, -0.1) is 0 Å². The van der Waals surface area contributed by atoms with Crippen LogP contribution in [0.2, 0.25) is 0 Å². The zero-order valence-corrected chi connectivity index (χ0v) is 12.5. The highest BCUT2D eigenvalue weighted by Crippen LogP contribution is 2.26. The lowest BCUT2D eigenvalue weighted by molar-refractivity contribution is 0.418. The van der Waals surface area contributed by atoms with E-state index in [0.29, 0.717) is 41.0 Å². The normalized spacial score (nSPS) is 12.5. The molecule has 0 spiro atoms. The van der Waals surface area contributed by atoms with Gasteiger partial charge in [0.2, 0.25) is 0 Å². The van der Waals surface area contributed by atoms with Crippen LogP contribution in [0.4, 0.5) is 4.39 Å². The largest absolute Gasteiger partial charge is 0.445 e. The second kappa shape index (κ2) is 5.67. The van der Waals surface area contributed by atoms with Gasteiger partial charge >= 0.3 is 0 Å². The van der Waals surface area contributed by atoms with Gasteiger partial charge in [-0.25, -0.2) is 9.37 Å². The van der Waals surface area contributed by atoms with Gasteiger partial charge in [-0.3, -0.25) is 4.98 Å². The van der Waals surface area contributed by atoms with E-state index in [1.54, 1.807) is 13.1 Å². The topological polar surface area (TPSA) is 77.8 Å². The maximum Gasteiger partial charge on any atom is 0.280 e. The summed E-state index contributed by atoms with van der Waals surface area (Å²) >= 11 is 0. The Morgan fingerprint density at radius 2 is 2.09 bits per heavy atom. The Kier molecular flexibility index (Phi) is 3.70. The quantitative estimate of drug-likeness (QED) is 0.736. The van der Waals surface area contributed by atoms with Crippen molar-refractivity contribution in [2.24, 2.45) is 0 Å². The van der Waals surface area contributed by atoms with E-state index in [-0.39, 0.29) is 5.92 Å². The SMILES string of the molecule is CCc1nc(-c2nc(C(C)c3cncc(F)c3)no2)c(C)o1. The van der Waals surface area contributed by atoms with Gasteiger partial charge in [0.05, 0.1) is 6.20 Å². The minimum absolute atomic E-state index is 0.237. The van der Waals surface area contributed by atoms with Crippen LogP contribution in [-0.2, 0) is 6.42 Å². The summed E-state index contributed by atoms with van der Waals surface area (Å²) in [5, 5.41) is 3.96. The van der Waals surface area contributed by atoms with Crippen molar-refractivity contribution in [3.8, 4) is 11.6 Å². The minimum Gasteiger partial charge on any atom is -0.445 e. The van der Waals surface area contributed by atoms with Crippen LogP contribution in [0.1, 0.15) is 42.8 Å². The van der Waals surface area contributed by atoms with Crippen LogP contribution in [0.15, 0.2) is 27.4 Å². The minimum atomic E-state index is -0.395. The van der Waals surface area contributed by atoms with Crippen molar-refractivity contribution in [2.45, 2.75) is 33.1 Å². The first kappa shape index (κ1) is 14.4. The van der Waals surface area contributed by atoms with E-state index >= 15 is 0 Å². The van der Waals surface area contributed by atoms with Crippen LogP contribution in [0.3, 0.4) is 0 Å². The van der Waals surface area contributed by atoms with Crippen molar-refractivity contribution in [3.05, 3.63) is 47.3 Å². The number of halogens is 1. The second-order valence-electron chi connectivity index (χ2n) is 4.98. The van der Waals surface area contributed by atoms with E-state index in [1.165, 1.54) is 6.07 Å². The van der Waals surface area contributed by atoms with Crippen LogP contribution in [0.25, 0.3) is 11.6 Å². The summed E-state index contributed by atoms with van der Waals surface area (Å²) in [7, 11) is 0. The van der Waals surface area contributed by atoms with Crippen molar-refractivity contribution in [1.29, 1.82) is 0 Å². The van der Waals surface area contributed by atoms with Crippen molar-refractivity contribution in [3.63, 3.8) is 0 Å². The first-order valence-electron chi connectivity index (χ1n) is 6.99. The third-order valence-corrected chi connectivity index (χ3v) is 3.40. The fourth-order valence-corrected chi connectivity index (χ4v) is 2.12. The molecule has 6 nitrogen and oxygen atoms in total. The average Bonchev–Trinajstić information content (AvgIpc) is 3.12. The molecule has 1 unspecified atom stereocenters. The van der Waals surface area contributed by atoms with E-state index in [9.17, 15) is 4.39 Å². The van der Waals surface area contributed by atoms with E-state index in [1.807, 2.05) is 13.8 Å². The Morgan fingerprint density at radius 1 is 1.27 bits per heavy atom. The molecule has 0 aliphatic carbocycles. The van der Waals surface area contributed by atoms with Crippen LogP contribution < -0.4 is 0 Å². The van der Waals surface area contributed by atoms with Gasteiger partial charge in [-0.05, 0) is 18.6 Å². The molecular formula is C15H15FN4O2. The van der Waals surface area contributed by atoms with Crippen molar-refractivity contribution in [1.82, 2.24) is 20.1 Å². The number of hydrogen-bond acceptors (Lipinski definition) is 6. The standard InChI is InChI=1S/C15H15FN4O2/c1-4-12-18-13(9(3)21-12)15-19-14(20-22-15)8(2)10-5-11(16)7-17-6-10/h5-8H,4H2,1-3H3. The lowest BCUT2D eigenvalue weighted by atomic mass is 10.0. The van der Waals surface area contributed by atoms with Gasteiger partial charge in [0.25, 0.3) is 5.89 Å². The summed E-state index contributed by atoms with van der Waals surface area (Å²) in [4.78, 5) is 12.5. The Bertz CT molecular complexity index is 796. The fourth-order valence-electron chi connectivity index (χ4n) is 2.12. The summed E-state index contributed by atoms with van der Waals surface area (Å²) in [5.41, 5.74) is 1.22. The predicted octanol–water partition coefficient (Wildman–Crippen LogP) is 3.28. The molecule has 3 aromatic heterocycles. The van der Waals surface area contributed by atoms with E-state index in [0.717, 1.165) is 6.20 Å². The molecule has 0 saturated carbocycles. The molecule has 0 aromatic carbocycles. The molecule has 0 N–H and O–H groups in total. The molecule has 0 amide bonds. The molecule has 0 fully saturated rings. The summed E-state index contributed by atoms with van der Waals surface area (Å²) < 4.78 is 24.0. The molecule has 1 atom stereocenters. The molecule has 3 heterocycles. The summed E-state index contributed by atoms with van der Waals surface area (Å²) in [6.45, 7) is 5.61. The molecule has 0 saturated heterocycles. The Balaban J connectivity index is 1.91. The molecule has 3 rings (SSSR count). The van der Waals surface area contributed by atoms with Gasteiger partial charge < -0.3 is 8.94 Å². The monoisotopic (exact) mass is 302 g/mol. The van der Waals surface area contributed by atoms with Gasteiger partial charge in [-0.2, -0.15) is 4.98 Å². The molecule has 0 aliphatic heterocycles. The van der Waals surface area contributed by atoms with Gasteiger partial charge in [0.1, 0.15) is 11.6 Å². The Morgan fingerprint density at radius 3 is 2.77 bits per heavy atom. The lowest BCUT2D eigenvalue weighted by Gasteiger charge is -2.05. The number of hydrogen-bond donors (Lipinski definition) is 0. The summed E-state index contributed by atoms with van der Waals surface area (Å²) in [6.07, 6.45) is 3.43. The smallest absolute Gasteiger partial charge is 0.280 e. The first-order chi connectivity index (χ1) is 10.6. The maximum absolute atomic E-state index is 13.3. The number of oxazole rings is 1. The van der Waals surface area contributed by atoms with Crippen molar-refractivity contribution < 1.29 is 13.3 Å². The molecule has 3 aromatic rings. The van der Waals surface area contributed by atoms with Gasteiger partial charge in [0, 0.05) is 18.5 Å². The third-order valence-electron chi connectivity index (χ3n) is 3.40.